The fourth-order valence-corrected chi connectivity index (χ4v) is 3.07. The van der Waals surface area contributed by atoms with Crippen molar-refractivity contribution < 1.29 is 4.79 Å². The highest BCUT2D eigenvalue weighted by atomic mass is 16.1. The number of carbonyl (C=O) groups excluding carboxylic acids is 1. The predicted octanol–water partition coefficient (Wildman–Crippen LogP) is 2.21. The summed E-state index contributed by atoms with van der Waals surface area (Å²) in [7, 11) is 6.37. The second-order valence-corrected chi connectivity index (χ2v) is 6.35. The van der Waals surface area contributed by atoms with Crippen LogP contribution in [0.2, 0.25) is 0 Å². The average Bonchev–Trinajstić information content (AvgIpc) is 2.34. The number of nitrogens with zero attached hydrogens (tertiary/aromatic N) is 2. The van der Waals surface area contributed by atoms with Crippen molar-refractivity contribution in [3.05, 3.63) is 35.9 Å². The number of rotatable bonds is 7. The van der Waals surface area contributed by atoms with Crippen LogP contribution in [0, 0.1) is 0 Å². The van der Waals surface area contributed by atoms with Crippen LogP contribution < -0.4 is 0 Å². The first-order valence-electron chi connectivity index (χ1n) is 7.43. The Hall–Kier alpha value is -1.19. The van der Waals surface area contributed by atoms with Gasteiger partial charge in [-0.1, -0.05) is 30.3 Å². The maximum Gasteiger partial charge on any atom is 0.151 e. The molecule has 0 spiro atoms. The van der Waals surface area contributed by atoms with Crippen molar-refractivity contribution in [1.29, 1.82) is 0 Å². The van der Waals surface area contributed by atoms with Crippen molar-refractivity contribution in [3.8, 4) is 0 Å². The first-order valence-corrected chi connectivity index (χ1v) is 7.43. The Labute approximate surface area is 122 Å². The largest absolute Gasteiger partial charge is 0.302 e. The van der Waals surface area contributed by atoms with Crippen molar-refractivity contribution in [1.82, 2.24) is 9.80 Å². The highest BCUT2D eigenvalue weighted by Crippen LogP contribution is 2.36. The lowest BCUT2D eigenvalue weighted by Gasteiger charge is -2.49. The summed E-state index contributed by atoms with van der Waals surface area (Å²) >= 11 is 0. The summed E-state index contributed by atoms with van der Waals surface area (Å²) in [5, 5.41) is 0. The zero-order valence-electron chi connectivity index (χ0n) is 12.9. The molecule has 1 fully saturated rings. The Morgan fingerprint density at radius 3 is 2.30 bits per heavy atom. The number of likely N-dealkylation sites (N-methyl/N-ethyl adjacent to an activating group) is 2. The van der Waals surface area contributed by atoms with E-state index in [1.165, 1.54) is 19.3 Å². The minimum atomic E-state index is 0.293. The van der Waals surface area contributed by atoms with Crippen LogP contribution in [0.4, 0.5) is 0 Å². The first kappa shape index (κ1) is 15.2. The summed E-state index contributed by atoms with van der Waals surface area (Å²) in [6, 6.07) is 10.00. The molecule has 3 heteroatoms. The van der Waals surface area contributed by atoms with E-state index < -0.39 is 0 Å². The van der Waals surface area contributed by atoms with Gasteiger partial charge in [0.05, 0.1) is 6.54 Å². The van der Waals surface area contributed by atoms with Gasteiger partial charge < -0.3 is 4.90 Å². The molecule has 0 aliphatic heterocycles. The topological polar surface area (TPSA) is 23.6 Å². The molecule has 1 aromatic rings. The number of ketones is 1. The van der Waals surface area contributed by atoms with Gasteiger partial charge in [0.2, 0.25) is 0 Å². The van der Waals surface area contributed by atoms with Crippen LogP contribution in [-0.2, 0) is 11.2 Å². The molecule has 0 atom stereocenters. The second-order valence-electron chi connectivity index (χ2n) is 6.35. The summed E-state index contributed by atoms with van der Waals surface area (Å²) in [6.07, 6.45) is 4.35. The van der Waals surface area contributed by atoms with E-state index in [0.29, 0.717) is 24.3 Å². The molecular weight excluding hydrogens is 248 g/mol. The molecule has 1 aromatic carbocycles. The van der Waals surface area contributed by atoms with Crippen molar-refractivity contribution >= 4 is 5.78 Å². The summed E-state index contributed by atoms with van der Waals surface area (Å²) in [6.45, 7) is 1.53. The highest BCUT2D eigenvalue weighted by Gasteiger charge is 2.39. The van der Waals surface area contributed by atoms with E-state index in [0.717, 1.165) is 12.1 Å². The lowest BCUT2D eigenvalue weighted by atomic mass is 9.75. The summed E-state index contributed by atoms with van der Waals surface area (Å²) in [4.78, 5) is 16.6. The number of benzene rings is 1. The van der Waals surface area contributed by atoms with E-state index >= 15 is 0 Å². The third-order valence-corrected chi connectivity index (χ3v) is 4.49. The molecule has 0 bridgehead atoms. The van der Waals surface area contributed by atoms with Crippen LogP contribution in [0.1, 0.15) is 24.8 Å². The lowest BCUT2D eigenvalue weighted by Crippen LogP contribution is -2.57. The zero-order valence-corrected chi connectivity index (χ0v) is 12.9. The van der Waals surface area contributed by atoms with Crippen LogP contribution in [-0.4, -0.2) is 55.4 Å². The Kier molecular flexibility index (Phi) is 4.95. The molecule has 1 saturated carbocycles. The zero-order chi connectivity index (χ0) is 14.6. The molecule has 0 saturated heterocycles. The number of hydrogen-bond acceptors (Lipinski definition) is 3. The number of carbonyl (C=O) groups is 1. The monoisotopic (exact) mass is 274 g/mol. The van der Waals surface area contributed by atoms with Crippen LogP contribution >= 0.6 is 0 Å². The van der Waals surface area contributed by atoms with Gasteiger partial charge in [-0.05, 0) is 46.0 Å². The molecule has 1 aliphatic carbocycles. The molecule has 20 heavy (non-hydrogen) atoms. The summed E-state index contributed by atoms with van der Waals surface area (Å²) in [5.74, 6) is 0.298. The van der Waals surface area contributed by atoms with E-state index in [1.54, 1.807) is 0 Å². The van der Waals surface area contributed by atoms with Gasteiger partial charge in [0, 0.05) is 18.5 Å². The van der Waals surface area contributed by atoms with Gasteiger partial charge in [-0.2, -0.15) is 0 Å². The molecule has 0 amide bonds. The van der Waals surface area contributed by atoms with Gasteiger partial charge in [-0.15, -0.1) is 0 Å². The Bertz CT molecular complexity index is 438. The Morgan fingerprint density at radius 2 is 1.80 bits per heavy atom. The van der Waals surface area contributed by atoms with Gasteiger partial charge >= 0.3 is 0 Å². The second kappa shape index (κ2) is 6.51. The van der Waals surface area contributed by atoms with E-state index in [1.807, 2.05) is 30.3 Å². The molecule has 0 N–H and O–H groups in total. The predicted molar refractivity (Wildman–Crippen MR) is 82.9 cm³/mol. The van der Waals surface area contributed by atoms with Gasteiger partial charge in [0.15, 0.2) is 5.78 Å². The van der Waals surface area contributed by atoms with E-state index in [-0.39, 0.29) is 0 Å². The quantitative estimate of drug-likeness (QED) is 0.761. The maximum atomic E-state index is 12.1. The normalized spacial score (nSPS) is 17.2. The van der Waals surface area contributed by atoms with E-state index in [9.17, 15) is 4.79 Å². The molecule has 2 rings (SSSR count). The molecule has 0 heterocycles. The lowest BCUT2D eigenvalue weighted by molar-refractivity contribution is -0.119. The molecule has 0 radical (unpaired) electrons. The van der Waals surface area contributed by atoms with Crippen molar-refractivity contribution in [2.24, 2.45) is 0 Å². The molecule has 110 valence electrons. The maximum absolute atomic E-state index is 12.1. The van der Waals surface area contributed by atoms with Crippen LogP contribution in [0.25, 0.3) is 0 Å². The van der Waals surface area contributed by atoms with Crippen molar-refractivity contribution in [3.63, 3.8) is 0 Å². The van der Waals surface area contributed by atoms with Crippen LogP contribution in [0.3, 0.4) is 0 Å². The van der Waals surface area contributed by atoms with E-state index in [4.69, 9.17) is 0 Å². The average molecular weight is 274 g/mol. The number of Topliss-reactive ketones (excluding diaryl/α,β-unsaturated/α-hetero) is 1. The molecule has 0 unspecified atom stereocenters. The SMILES string of the molecule is CN(CC(=O)Cc1ccccc1)CC1(N(C)C)CCC1. The van der Waals surface area contributed by atoms with Crippen molar-refractivity contribution in [2.75, 3.05) is 34.2 Å². The van der Waals surface area contributed by atoms with Gasteiger partial charge in [-0.25, -0.2) is 0 Å². The Balaban J connectivity index is 1.82. The fraction of sp³-hybridized carbons (Fsp3) is 0.588. The minimum absolute atomic E-state index is 0.293. The molecule has 0 aromatic heterocycles. The van der Waals surface area contributed by atoms with Gasteiger partial charge in [0.1, 0.15) is 0 Å². The summed E-state index contributed by atoms with van der Waals surface area (Å²) < 4.78 is 0. The third kappa shape index (κ3) is 3.68. The fourth-order valence-electron chi connectivity index (χ4n) is 3.07. The van der Waals surface area contributed by atoms with Gasteiger partial charge in [0.25, 0.3) is 0 Å². The molecule has 1 aliphatic rings. The van der Waals surface area contributed by atoms with Crippen LogP contribution in [0.15, 0.2) is 30.3 Å². The van der Waals surface area contributed by atoms with Crippen LogP contribution in [0.5, 0.6) is 0 Å². The van der Waals surface area contributed by atoms with Crippen molar-refractivity contribution in [2.45, 2.75) is 31.2 Å². The Morgan fingerprint density at radius 1 is 1.15 bits per heavy atom. The highest BCUT2D eigenvalue weighted by molar-refractivity contribution is 5.82. The summed E-state index contributed by atoms with van der Waals surface area (Å²) in [5.41, 5.74) is 1.40. The smallest absolute Gasteiger partial charge is 0.151 e. The molecule has 3 nitrogen and oxygen atoms in total. The molecular formula is C17H26N2O. The standard InChI is InChI=1S/C17H26N2O/c1-18(2)17(10-7-11-17)14-19(3)13-16(20)12-15-8-5-4-6-9-15/h4-6,8-9H,7,10-14H2,1-3H3. The van der Waals surface area contributed by atoms with Gasteiger partial charge in [-0.3, -0.25) is 9.69 Å². The first-order chi connectivity index (χ1) is 9.52. The number of hydrogen-bond donors (Lipinski definition) is 0. The minimum Gasteiger partial charge on any atom is -0.302 e. The third-order valence-electron chi connectivity index (χ3n) is 4.49. The van der Waals surface area contributed by atoms with E-state index in [2.05, 4.69) is 30.9 Å².